The first-order valence-electron chi connectivity index (χ1n) is 3.50. The molecule has 0 bridgehead atoms. The average molecular weight is 163 g/mol. The number of hydrogen-bond acceptors (Lipinski definition) is 3. The van der Waals surface area contributed by atoms with E-state index in [2.05, 4.69) is 9.47 Å². The molecule has 4 heteroatoms. The quantitative estimate of drug-likeness (QED) is 0.558. The smallest absolute Gasteiger partial charge is 0.0765 e. The predicted molar refractivity (Wildman–Crippen MR) is 42.4 cm³/mol. The van der Waals surface area contributed by atoms with Crippen molar-refractivity contribution < 1.29 is 9.63 Å². The second-order valence-corrected chi connectivity index (χ2v) is 3.13. The third kappa shape index (κ3) is 1.67. The molecule has 1 unspecified atom stereocenters. The molecule has 1 fully saturated rings. The number of aliphatic hydroxyl groups is 1. The lowest BCUT2D eigenvalue weighted by molar-refractivity contribution is 0.198. The molecule has 10 heavy (non-hydrogen) atoms. The van der Waals surface area contributed by atoms with Crippen LogP contribution in [0.5, 0.6) is 0 Å². The Kier molecular flexibility index (Phi) is 3.05. The van der Waals surface area contributed by atoms with Crippen LogP contribution in [0.3, 0.4) is 0 Å². The molecule has 0 radical (unpaired) electrons. The van der Waals surface area contributed by atoms with Crippen molar-refractivity contribution in [2.45, 2.75) is 25.0 Å². The summed E-state index contributed by atoms with van der Waals surface area (Å²) < 4.78 is 5.04. The fourth-order valence-electron chi connectivity index (χ4n) is 1.44. The van der Waals surface area contributed by atoms with Crippen molar-refractivity contribution in [1.82, 2.24) is 0 Å². The van der Waals surface area contributed by atoms with E-state index in [0.29, 0.717) is 5.92 Å². The molecule has 0 saturated heterocycles. The maximum Gasteiger partial charge on any atom is 0.0765 e. The van der Waals surface area contributed by atoms with Crippen molar-refractivity contribution in [2.24, 2.45) is 11.7 Å². The zero-order valence-electron chi connectivity index (χ0n) is 5.86. The Bertz CT molecular complexity index is 112. The number of aliphatic hydroxyl groups excluding tert-OH is 1. The predicted octanol–water partition coefficient (Wildman–Crippen LogP) is -0.109. The maximum absolute atomic E-state index is 8.78. The highest BCUT2D eigenvalue weighted by atomic mass is 31.0. The van der Waals surface area contributed by atoms with Crippen LogP contribution >= 0.6 is 9.47 Å². The van der Waals surface area contributed by atoms with Gasteiger partial charge in [-0.15, -0.1) is 0 Å². The van der Waals surface area contributed by atoms with Gasteiger partial charge in [0.1, 0.15) is 0 Å². The molecule has 1 aliphatic rings. The highest BCUT2D eigenvalue weighted by molar-refractivity contribution is 7.09. The van der Waals surface area contributed by atoms with Crippen LogP contribution in [0.25, 0.3) is 0 Å². The van der Waals surface area contributed by atoms with Gasteiger partial charge >= 0.3 is 0 Å². The molecule has 4 atom stereocenters. The van der Waals surface area contributed by atoms with E-state index in [4.69, 9.17) is 15.4 Å². The van der Waals surface area contributed by atoms with Gasteiger partial charge in [0.05, 0.1) is 6.10 Å². The minimum absolute atomic E-state index is 0.106. The molecular weight excluding hydrogens is 149 g/mol. The van der Waals surface area contributed by atoms with Crippen molar-refractivity contribution in [3.8, 4) is 0 Å². The minimum atomic E-state index is 0.106. The Morgan fingerprint density at radius 2 is 2.30 bits per heavy atom. The molecule has 3 N–H and O–H groups in total. The fourth-order valence-corrected chi connectivity index (χ4v) is 1.75. The van der Waals surface area contributed by atoms with Crippen LogP contribution in [0.15, 0.2) is 0 Å². The maximum atomic E-state index is 8.78. The largest absolute Gasteiger partial charge is 0.396 e. The topological polar surface area (TPSA) is 55.5 Å². The third-order valence-corrected chi connectivity index (χ3v) is 2.43. The highest BCUT2D eigenvalue weighted by Crippen LogP contribution is 2.27. The molecule has 0 aliphatic heterocycles. The summed E-state index contributed by atoms with van der Waals surface area (Å²) in [7, 11) is 2.22. The van der Waals surface area contributed by atoms with Gasteiger partial charge in [-0.05, 0) is 18.8 Å². The summed E-state index contributed by atoms with van der Waals surface area (Å²) in [5, 5.41) is 8.78. The standard InChI is InChI=1S/C6H14NO2P/c7-5-1-4(3-8)2-6(5)9-10/h4-6,8H,1-3,7,10H2/t4-,5+,6+/m0/s1. The molecule has 0 aromatic heterocycles. The molecular formula is C6H14NO2P. The van der Waals surface area contributed by atoms with Crippen LogP contribution in [0.1, 0.15) is 12.8 Å². The van der Waals surface area contributed by atoms with Crippen LogP contribution in [-0.4, -0.2) is 23.9 Å². The van der Waals surface area contributed by atoms with Crippen molar-refractivity contribution in [3.05, 3.63) is 0 Å². The Hall–Kier alpha value is 0.310. The SMILES string of the molecule is N[C@@H]1C[C@H](CO)C[C@H]1OP. The van der Waals surface area contributed by atoms with Crippen LogP contribution < -0.4 is 5.73 Å². The van der Waals surface area contributed by atoms with Crippen molar-refractivity contribution >= 4 is 9.47 Å². The molecule has 60 valence electrons. The van der Waals surface area contributed by atoms with E-state index in [-0.39, 0.29) is 18.8 Å². The Balaban J connectivity index is 2.36. The van der Waals surface area contributed by atoms with E-state index in [1.165, 1.54) is 0 Å². The van der Waals surface area contributed by atoms with Crippen LogP contribution in [-0.2, 0) is 4.52 Å². The van der Waals surface area contributed by atoms with E-state index < -0.39 is 0 Å². The Morgan fingerprint density at radius 3 is 2.60 bits per heavy atom. The van der Waals surface area contributed by atoms with E-state index in [1.54, 1.807) is 0 Å². The molecule has 1 saturated carbocycles. The minimum Gasteiger partial charge on any atom is -0.396 e. The van der Waals surface area contributed by atoms with Gasteiger partial charge in [0.15, 0.2) is 0 Å². The lowest BCUT2D eigenvalue weighted by Gasteiger charge is -2.11. The molecule has 1 rings (SSSR count). The van der Waals surface area contributed by atoms with Gasteiger partial charge in [-0.25, -0.2) is 0 Å². The van der Waals surface area contributed by atoms with Crippen LogP contribution in [0.4, 0.5) is 0 Å². The summed E-state index contributed by atoms with van der Waals surface area (Å²) in [4.78, 5) is 0. The zero-order valence-corrected chi connectivity index (χ0v) is 7.02. The van der Waals surface area contributed by atoms with Crippen molar-refractivity contribution in [2.75, 3.05) is 6.61 Å². The zero-order chi connectivity index (χ0) is 7.56. The summed E-state index contributed by atoms with van der Waals surface area (Å²) >= 11 is 0. The molecule has 0 aromatic rings. The van der Waals surface area contributed by atoms with E-state index in [0.717, 1.165) is 12.8 Å². The van der Waals surface area contributed by atoms with Gasteiger partial charge in [0.25, 0.3) is 0 Å². The summed E-state index contributed by atoms with van der Waals surface area (Å²) in [6.45, 7) is 0.234. The van der Waals surface area contributed by atoms with E-state index >= 15 is 0 Å². The first kappa shape index (κ1) is 8.41. The van der Waals surface area contributed by atoms with Crippen LogP contribution in [0, 0.1) is 5.92 Å². The Labute approximate surface area is 63.2 Å². The Morgan fingerprint density at radius 1 is 1.60 bits per heavy atom. The number of nitrogens with two attached hydrogens (primary N) is 1. The highest BCUT2D eigenvalue weighted by Gasteiger charge is 2.31. The van der Waals surface area contributed by atoms with Gasteiger partial charge in [-0.3, -0.25) is 0 Å². The second kappa shape index (κ2) is 3.63. The van der Waals surface area contributed by atoms with Gasteiger partial charge < -0.3 is 15.4 Å². The lowest BCUT2D eigenvalue weighted by atomic mass is 10.1. The first-order valence-corrected chi connectivity index (χ1v) is 3.97. The van der Waals surface area contributed by atoms with E-state index in [9.17, 15) is 0 Å². The first-order chi connectivity index (χ1) is 4.77. The lowest BCUT2D eigenvalue weighted by Crippen LogP contribution is -2.28. The van der Waals surface area contributed by atoms with Gasteiger partial charge in [0, 0.05) is 22.1 Å². The monoisotopic (exact) mass is 163 g/mol. The van der Waals surface area contributed by atoms with Crippen molar-refractivity contribution in [1.29, 1.82) is 0 Å². The molecule has 3 nitrogen and oxygen atoms in total. The van der Waals surface area contributed by atoms with Gasteiger partial charge in [0.2, 0.25) is 0 Å². The summed E-state index contributed by atoms with van der Waals surface area (Å²) in [6.07, 6.45) is 1.90. The number of rotatable bonds is 2. The molecule has 0 amide bonds. The van der Waals surface area contributed by atoms with Crippen molar-refractivity contribution in [3.63, 3.8) is 0 Å². The molecule has 0 aromatic carbocycles. The van der Waals surface area contributed by atoms with Gasteiger partial charge in [-0.2, -0.15) is 0 Å². The average Bonchev–Trinajstić information content (AvgIpc) is 2.30. The normalized spacial score (nSPS) is 40.5. The molecule has 1 aliphatic carbocycles. The molecule has 0 spiro atoms. The number of hydrogen-bond donors (Lipinski definition) is 2. The molecule has 0 heterocycles. The fraction of sp³-hybridized carbons (Fsp3) is 1.00. The van der Waals surface area contributed by atoms with Crippen LogP contribution in [0.2, 0.25) is 0 Å². The summed E-state index contributed by atoms with van der Waals surface area (Å²) in [5.41, 5.74) is 5.71. The third-order valence-electron chi connectivity index (χ3n) is 2.08. The summed E-state index contributed by atoms with van der Waals surface area (Å²) in [6, 6.07) is 0.106. The van der Waals surface area contributed by atoms with Gasteiger partial charge in [-0.1, -0.05) is 0 Å². The second-order valence-electron chi connectivity index (χ2n) is 2.86. The van der Waals surface area contributed by atoms with E-state index in [1.807, 2.05) is 0 Å². The summed E-state index contributed by atoms with van der Waals surface area (Å²) in [5.74, 6) is 0.348.